The van der Waals surface area contributed by atoms with E-state index in [1.165, 1.54) is 0 Å². The van der Waals surface area contributed by atoms with Crippen molar-refractivity contribution in [2.24, 2.45) is 0 Å². The Balaban J connectivity index is 1.95. The zero-order chi connectivity index (χ0) is 14.8. The van der Waals surface area contributed by atoms with Gasteiger partial charge < -0.3 is 19.5 Å². The van der Waals surface area contributed by atoms with Crippen LogP contribution in [0.3, 0.4) is 0 Å². The molecule has 0 atom stereocenters. The molecule has 0 aromatic carbocycles. The van der Waals surface area contributed by atoms with Crippen LogP contribution in [-0.4, -0.2) is 33.5 Å². The normalized spacial score (nSPS) is 25.8. The second-order valence-corrected chi connectivity index (χ2v) is 6.72. The van der Waals surface area contributed by atoms with E-state index in [0.717, 1.165) is 0 Å². The number of pyridine rings is 1. The topological polar surface area (TPSA) is 71.8 Å². The number of aliphatic hydroxyl groups is 1. The summed E-state index contributed by atoms with van der Waals surface area (Å²) in [6, 6.07) is 3.19. The van der Waals surface area contributed by atoms with Crippen LogP contribution in [-0.2, 0) is 14.9 Å². The highest BCUT2D eigenvalue weighted by atomic mass is 16.7. The van der Waals surface area contributed by atoms with Crippen LogP contribution in [0.4, 0.5) is 0 Å². The molecule has 1 saturated heterocycles. The average Bonchev–Trinajstić information content (AvgIpc) is 3.02. The third-order valence-corrected chi connectivity index (χ3v) is 4.58. The molecule has 6 heteroatoms. The zero-order valence-corrected chi connectivity index (χ0v) is 12.3. The first kappa shape index (κ1) is 13.9. The van der Waals surface area contributed by atoms with Gasteiger partial charge in [0.05, 0.1) is 16.9 Å². The lowest BCUT2D eigenvalue weighted by Crippen LogP contribution is -2.41. The highest BCUT2D eigenvalue weighted by Gasteiger charge is 2.53. The van der Waals surface area contributed by atoms with E-state index >= 15 is 0 Å². The number of rotatable bonds is 2. The molecule has 1 aliphatic carbocycles. The molecular formula is C14H20BNO4. The fraction of sp³-hybridized carbons (Fsp3) is 0.643. The maximum Gasteiger partial charge on any atom is 0.518 e. The van der Waals surface area contributed by atoms with E-state index in [1.807, 2.05) is 27.7 Å². The van der Waals surface area contributed by atoms with E-state index in [2.05, 4.69) is 4.98 Å². The molecule has 0 bridgehead atoms. The monoisotopic (exact) mass is 277 g/mol. The molecule has 3 rings (SSSR count). The molecule has 2 fully saturated rings. The number of aromatic hydroxyl groups is 1. The third kappa shape index (κ3) is 2.03. The molecule has 5 nitrogen and oxygen atoms in total. The van der Waals surface area contributed by atoms with Gasteiger partial charge in [-0.3, -0.25) is 4.98 Å². The van der Waals surface area contributed by atoms with Gasteiger partial charge >= 0.3 is 7.12 Å². The van der Waals surface area contributed by atoms with Gasteiger partial charge in [0.25, 0.3) is 0 Å². The van der Waals surface area contributed by atoms with Gasteiger partial charge in [0.1, 0.15) is 16.9 Å². The van der Waals surface area contributed by atoms with E-state index in [9.17, 15) is 10.2 Å². The lowest BCUT2D eigenvalue weighted by Gasteiger charge is -2.32. The number of aromatic nitrogens is 1. The summed E-state index contributed by atoms with van der Waals surface area (Å²) in [5.41, 5.74) is -0.913. The van der Waals surface area contributed by atoms with Crippen molar-refractivity contribution in [1.29, 1.82) is 0 Å². The average molecular weight is 277 g/mol. The predicted octanol–water partition coefficient (Wildman–Crippen LogP) is 1.07. The van der Waals surface area contributed by atoms with Gasteiger partial charge in [0.15, 0.2) is 0 Å². The van der Waals surface area contributed by atoms with Crippen LogP contribution in [0.15, 0.2) is 12.1 Å². The molecule has 0 spiro atoms. The van der Waals surface area contributed by atoms with Gasteiger partial charge in [-0.2, -0.15) is 0 Å². The SMILES string of the molecule is CC1(C)OB(c2nc(C3(O)CC3)ccc2O)OC1(C)C. The summed E-state index contributed by atoms with van der Waals surface area (Å²) in [4.78, 5) is 4.37. The summed E-state index contributed by atoms with van der Waals surface area (Å²) in [6.45, 7) is 7.79. The zero-order valence-electron chi connectivity index (χ0n) is 12.3. The van der Waals surface area contributed by atoms with Crippen molar-refractivity contribution in [3.63, 3.8) is 0 Å². The summed E-state index contributed by atoms with van der Waals surface area (Å²) < 4.78 is 11.8. The van der Waals surface area contributed by atoms with Gasteiger partial charge in [-0.1, -0.05) is 0 Å². The summed E-state index contributed by atoms with van der Waals surface area (Å²) in [7, 11) is -0.720. The molecule has 1 aromatic heterocycles. The summed E-state index contributed by atoms with van der Waals surface area (Å²) in [5, 5.41) is 20.2. The fourth-order valence-electron chi connectivity index (χ4n) is 2.23. The van der Waals surface area contributed by atoms with Gasteiger partial charge in [0.2, 0.25) is 0 Å². The van der Waals surface area contributed by atoms with E-state index < -0.39 is 23.9 Å². The molecule has 108 valence electrons. The van der Waals surface area contributed by atoms with Crippen LogP contribution in [0.25, 0.3) is 0 Å². The van der Waals surface area contributed by atoms with Crippen LogP contribution in [0.5, 0.6) is 5.75 Å². The Hall–Kier alpha value is -1.11. The Labute approximate surface area is 119 Å². The van der Waals surface area contributed by atoms with Crippen molar-refractivity contribution < 1.29 is 19.5 Å². The molecular weight excluding hydrogens is 257 g/mol. The molecule has 1 aromatic rings. The number of hydrogen-bond donors (Lipinski definition) is 2. The van der Waals surface area contributed by atoms with Gasteiger partial charge in [-0.05, 0) is 52.7 Å². The smallest absolute Gasteiger partial charge is 0.507 e. The number of nitrogens with zero attached hydrogens (tertiary/aromatic N) is 1. The second-order valence-electron chi connectivity index (χ2n) is 6.72. The van der Waals surface area contributed by atoms with Crippen molar-refractivity contribution >= 4 is 12.7 Å². The van der Waals surface area contributed by atoms with Crippen LogP contribution >= 0.6 is 0 Å². The van der Waals surface area contributed by atoms with E-state index in [0.29, 0.717) is 24.1 Å². The van der Waals surface area contributed by atoms with Gasteiger partial charge in [0, 0.05) is 0 Å². The predicted molar refractivity (Wildman–Crippen MR) is 74.7 cm³/mol. The minimum Gasteiger partial charge on any atom is -0.507 e. The number of hydrogen-bond acceptors (Lipinski definition) is 5. The molecule has 0 amide bonds. The standard InChI is InChI=1S/C14H20BNO4/c1-12(2)13(3,4)20-15(19-12)11-9(17)5-6-10(16-11)14(18)7-8-14/h5-6,17-18H,7-8H2,1-4H3. The molecule has 1 saturated carbocycles. The largest absolute Gasteiger partial charge is 0.518 e. The second kappa shape index (κ2) is 3.96. The lowest BCUT2D eigenvalue weighted by atomic mass is 9.83. The van der Waals surface area contributed by atoms with E-state index in [-0.39, 0.29) is 5.75 Å². The van der Waals surface area contributed by atoms with Crippen LogP contribution in [0.1, 0.15) is 46.2 Å². The van der Waals surface area contributed by atoms with Crippen molar-refractivity contribution in [3.05, 3.63) is 17.8 Å². The van der Waals surface area contributed by atoms with Gasteiger partial charge in [-0.15, -0.1) is 0 Å². The molecule has 20 heavy (non-hydrogen) atoms. The molecule has 2 N–H and O–H groups in total. The Morgan fingerprint density at radius 2 is 1.65 bits per heavy atom. The van der Waals surface area contributed by atoms with Gasteiger partial charge in [-0.25, -0.2) is 0 Å². The minimum absolute atomic E-state index is 0.0245. The maximum absolute atomic E-state index is 10.1. The minimum atomic E-state index is -0.841. The third-order valence-electron chi connectivity index (χ3n) is 4.58. The molecule has 0 unspecified atom stereocenters. The summed E-state index contributed by atoms with van der Waals surface area (Å²) in [6.07, 6.45) is 1.40. The van der Waals surface area contributed by atoms with Crippen molar-refractivity contribution in [3.8, 4) is 5.75 Å². The summed E-state index contributed by atoms with van der Waals surface area (Å²) >= 11 is 0. The van der Waals surface area contributed by atoms with E-state index in [4.69, 9.17) is 9.31 Å². The van der Waals surface area contributed by atoms with Crippen LogP contribution in [0.2, 0.25) is 0 Å². The Kier molecular flexibility index (Phi) is 2.75. The molecule has 2 aliphatic rings. The van der Waals surface area contributed by atoms with E-state index in [1.54, 1.807) is 12.1 Å². The van der Waals surface area contributed by atoms with Crippen molar-refractivity contribution in [1.82, 2.24) is 4.98 Å². The van der Waals surface area contributed by atoms with Crippen molar-refractivity contribution in [2.75, 3.05) is 0 Å². The first-order chi connectivity index (χ1) is 9.15. The highest BCUT2D eigenvalue weighted by Crippen LogP contribution is 2.44. The van der Waals surface area contributed by atoms with Crippen LogP contribution < -0.4 is 5.59 Å². The Bertz CT molecular complexity index is 538. The Morgan fingerprint density at radius 1 is 1.10 bits per heavy atom. The maximum atomic E-state index is 10.1. The molecule has 2 heterocycles. The first-order valence-electron chi connectivity index (χ1n) is 6.93. The summed E-state index contributed by atoms with van der Waals surface area (Å²) in [5.74, 6) is 0.0245. The van der Waals surface area contributed by atoms with Crippen molar-refractivity contribution in [2.45, 2.75) is 57.3 Å². The Morgan fingerprint density at radius 3 is 2.15 bits per heavy atom. The quantitative estimate of drug-likeness (QED) is 0.791. The molecule has 0 radical (unpaired) electrons. The fourth-order valence-corrected chi connectivity index (χ4v) is 2.23. The first-order valence-corrected chi connectivity index (χ1v) is 6.93. The van der Waals surface area contributed by atoms with Crippen LogP contribution in [0, 0.1) is 0 Å². The highest BCUT2D eigenvalue weighted by molar-refractivity contribution is 6.62. The lowest BCUT2D eigenvalue weighted by molar-refractivity contribution is 0.00578. The molecule has 1 aliphatic heterocycles.